The van der Waals surface area contributed by atoms with E-state index in [1.54, 1.807) is 0 Å². The number of fused-ring (bicyclic) bond motifs is 1. The number of rotatable bonds is 0. The summed E-state index contributed by atoms with van der Waals surface area (Å²) < 4.78 is 1.35. The zero-order valence-corrected chi connectivity index (χ0v) is 13.2. The van der Waals surface area contributed by atoms with Crippen molar-refractivity contribution in [2.24, 2.45) is 5.73 Å². The average Bonchev–Trinajstić information content (AvgIpc) is 2.81. The molecule has 0 atom stereocenters. The van der Waals surface area contributed by atoms with Crippen molar-refractivity contribution in [1.82, 2.24) is 15.6 Å². The van der Waals surface area contributed by atoms with Crippen molar-refractivity contribution >= 4 is 55.2 Å². The van der Waals surface area contributed by atoms with Crippen LogP contribution in [0.2, 0.25) is 0 Å². The summed E-state index contributed by atoms with van der Waals surface area (Å²) in [5.41, 5.74) is 7.75. The van der Waals surface area contributed by atoms with Crippen molar-refractivity contribution in [2.75, 3.05) is 6.54 Å². The van der Waals surface area contributed by atoms with E-state index < -0.39 is 0 Å². The van der Waals surface area contributed by atoms with Gasteiger partial charge in [0.05, 0.1) is 9.08 Å². The Bertz CT molecular complexity index is 704. The van der Waals surface area contributed by atoms with Gasteiger partial charge in [-0.2, -0.15) is 0 Å². The Morgan fingerprint density at radius 1 is 1.20 bits per heavy atom. The third-order valence-electron chi connectivity index (χ3n) is 3.12. The van der Waals surface area contributed by atoms with E-state index in [1.807, 2.05) is 0 Å². The van der Waals surface area contributed by atoms with Crippen LogP contribution in [0.1, 0.15) is 22.5 Å². The molecule has 0 saturated carbocycles. The third kappa shape index (κ3) is 1.97. The fourth-order valence-electron chi connectivity index (χ4n) is 2.28. The summed E-state index contributed by atoms with van der Waals surface area (Å²) in [5.74, 6) is -0.326. The van der Waals surface area contributed by atoms with Crippen LogP contribution < -0.4 is 21.4 Å². The molecule has 104 valence electrons. The fraction of sp³-hybridized carbons (Fsp3) is 0.182. The van der Waals surface area contributed by atoms with Crippen LogP contribution >= 0.6 is 31.9 Å². The van der Waals surface area contributed by atoms with Crippen LogP contribution in [0.5, 0.6) is 0 Å². The topological polar surface area (TPSA) is 114 Å². The lowest BCUT2D eigenvalue weighted by atomic mass is 10.0. The van der Waals surface area contributed by atoms with Crippen LogP contribution in [0.3, 0.4) is 0 Å². The van der Waals surface area contributed by atoms with Crippen LogP contribution in [-0.2, 0) is 4.79 Å². The Hall–Kier alpha value is -1.61. The standard InChI is InChI=1S/C11H9Br2N5O2/c12-5-4-3(6-10(20)18-11(14)17-6)1-2-15-9(19)7(4)16-8(5)13/h16H,1-2H2,(H,15,19)(H3,14,17,18,20)/p+1/b6-3-. The molecule has 0 unspecified atom stereocenters. The molecule has 0 saturated heterocycles. The summed E-state index contributed by atoms with van der Waals surface area (Å²) in [6, 6.07) is 0. The maximum absolute atomic E-state index is 12.0. The molecule has 0 aromatic carbocycles. The van der Waals surface area contributed by atoms with E-state index in [0.717, 1.165) is 5.57 Å². The van der Waals surface area contributed by atoms with Crippen molar-refractivity contribution in [1.29, 1.82) is 0 Å². The van der Waals surface area contributed by atoms with Crippen molar-refractivity contribution < 1.29 is 14.6 Å². The SMILES string of the molecule is NC1=[NH+]/C(=C2/CCNC(=O)c3[nH]c(Br)c(Br)c32)C(=O)N1. The van der Waals surface area contributed by atoms with Gasteiger partial charge in [-0.25, -0.2) is 15.1 Å². The summed E-state index contributed by atoms with van der Waals surface area (Å²) in [6.07, 6.45) is 0.519. The van der Waals surface area contributed by atoms with Crippen LogP contribution in [0.25, 0.3) is 5.57 Å². The Labute approximate surface area is 130 Å². The zero-order valence-electron chi connectivity index (χ0n) is 10.1. The van der Waals surface area contributed by atoms with Crippen LogP contribution in [-0.4, -0.2) is 29.3 Å². The molecule has 2 aliphatic rings. The maximum Gasteiger partial charge on any atom is 0.353 e. The lowest BCUT2D eigenvalue weighted by molar-refractivity contribution is -0.385. The van der Waals surface area contributed by atoms with Crippen LogP contribution in [0.4, 0.5) is 0 Å². The summed E-state index contributed by atoms with van der Waals surface area (Å²) in [6.45, 7) is 0.444. The predicted octanol–water partition coefficient (Wildman–Crippen LogP) is -1.09. The first kappa shape index (κ1) is 13.4. The van der Waals surface area contributed by atoms with Gasteiger partial charge in [0.1, 0.15) is 5.69 Å². The second-order valence-electron chi connectivity index (χ2n) is 4.36. The molecule has 7 nitrogen and oxygen atoms in total. The minimum atomic E-state index is -0.304. The number of nitrogens with one attached hydrogen (secondary N) is 4. The largest absolute Gasteiger partial charge is 0.353 e. The van der Waals surface area contributed by atoms with E-state index >= 15 is 0 Å². The fourth-order valence-corrected chi connectivity index (χ4v) is 3.22. The lowest BCUT2D eigenvalue weighted by Crippen LogP contribution is -2.71. The number of hydrogen-bond donors (Lipinski definition) is 5. The molecule has 0 bridgehead atoms. The predicted molar refractivity (Wildman–Crippen MR) is 78.4 cm³/mol. The van der Waals surface area contributed by atoms with E-state index in [2.05, 4.69) is 52.5 Å². The number of aromatic nitrogens is 1. The number of halogens is 2. The summed E-state index contributed by atoms with van der Waals surface area (Å²) in [4.78, 5) is 29.7. The van der Waals surface area contributed by atoms with E-state index in [0.29, 0.717) is 39.0 Å². The van der Waals surface area contributed by atoms with Gasteiger partial charge in [0, 0.05) is 17.7 Å². The van der Waals surface area contributed by atoms with Gasteiger partial charge >= 0.3 is 11.9 Å². The van der Waals surface area contributed by atoms with Crippen LogP contribution in [0, 0.1) is 0 Å². The zero-order chi connectivity index (χ0) is 14.4. The van der Waals surface area contributed by atoms with Crippen molar-refractivity contribution in [3.05, 3.63) is 26.0 Å². The van der Waals surface area contributed by atoms with Crippen LogP contribution in [0.15, 0.2) is 14.8 Å². The monoisotopic (exact) mass is 402 g/mol. The summed E-state index contributed by atoms with van der Waals surface area (Å²) >= 11 is 6.77. The molecule has 6 N–H and O–H groups in total. The number of hydrogen-bond acceptors (Lipinski definition) is 3. The normalized spacial score (nSPS) is 22.0. The first-order valence-corrected chi connectivity index (χ1v) is 7.37. The second-order valence-corrected chi connectivity index (χ2v) is 5.94. The van der Waals surface area contributed by atoms with Gasteiger partial charge in [-0.05, 0) is 38.3 Å². The average molecular weight is 404 g/mol. The number of guanidine groups is 1. The number of amides is 2. The molecule has 1 aromatic rings. The van der Waals surface area contributed by atoms with Gasteiger partial charge in [0.25, 0.3) is 5.91 Å². The molecule has 0 aliphatic carbocycles. The number of H-pyrrole nitrogens is 1. The van der Waals surface area contributed by atoms with E-state index in [-0.39, 0.29) is 17.8 Å². The van der Waals surface area contributed by atoms with Crippen molar-refractivity contribution in [2.45, 2.75) is 6.42 Å². The number of aromatic amines is 1. The first-order valence-electron chi connectivity index (χ1n) is 5.78. The number of carbonyl (C=O) groups excluding carboxylic acids is 2. The number of carbonyl (C=O) groups is 2. The summed E-state index contributed by atoms with van der Waals surface area (Å²) in [7, 11) is 0. The molecule has 2 amide bonds. The van der Waals surface area contributed by atoms with Gasteiger partial charge in [-0.15, -0.1) is 0 Å². The maximum atomic E-state index is 12.0. The molecule has 0 radical (unpaired) electrons. The molecule has 0 fully saturated rings. The quantitative estimate of drug-likeness (QED) is 0.354. The lowest BCUT2D eigenvalue weighted by Gasteiger charge is -2.04. The first-order chi connectivity index (χ1) is 9.49. The van der Waals surface area contributed by atoms with E-state index in [9.17, 15) is 9.59 Å². The van der Waals surface area contributed by atoms with Gasteiger partial charge < -0.3 is 10.3 Å². The van der Waals surface area contributed by atoms with Gasteiger partial charge in [0.2, 0.25) is 0 Å². The molecule has 1 aromatic heterocycles. The molecular formula is C11H10Br2N5O2+. The minimum absolute atomic E-state index is 0.188. The number of nitrogens with two attached hydrogens (primary N) is 1. The third-order valence-corrected chi connectivity index (χ3v) is 5.04. The minimum Gasteiger partial charge on any atom is -0.350 e. The molecule has 3 rings (SSSR count). The Morgan fingerprint density at radius 3 is 2.60 bits per heavy atom. The van der Waals surface area contributed by atoms with E-state index in [4.69, 9.17) is 5.73 Å². The second kappa shape index (κ2) is 4.74. The molecule has 9 heteroatoms. The highest BCUT2D eigenvalue weighted by Crippen LogP contribution is 2.37. The Morgan fingerprint density at radius 2 is 1.95 bits per heavy atom. The molecular weight excluding hydrogens is 394 g/mol. The van der Waals surface area contributed by atoms with Gasteiger partial charge in [-0.1, -0.05) is 0 Å². The molecule has 20 heavy (non-hydrogen) atoms. The molecule has 2 aliphatic heterocycles. The van der Waals surface area contributed by atoms with E-state index in [1.165, 1.54) is 0 Å². The highest BCUT2D eigenvalue weighted by molar-refractivity contribution is 9.13. The Balaban J connectivity index is 2.29. The van der Waals surface area contributed by atoms with Crippen molar-refractivity contribution in [3.63, 3.8) is 0 Å². The molecule has 0 spiro atoms. The molecule has 3 heterocycles. The van der Waals surface area contributed by atoms with Gasteiger partial charge in [-0.3, -0.25) is 10.5 Å². The highest BCUT2D eigenvalue weighted by Gasteiger charge is 2.33. The summed E-state index contributed by atoms with van der Waals surface area (Å²) in [5, 5.41) is 5.27. The highest BCUT2D eigenvalue weighted by atomic mass is 79.9. The van der Waals surface area contributed by atoms with Gasteiger partial charge in [0.15, 0.2) is 5.70 Å². The van der Waals surface area contributed by atoms with Crippen molar-refractivity contribution in [3.8, 4) is 0 Å². The Kier molecular flexibility index (Phi) is 3.17. The smallest absolute Gasteiger partial charge is 0.350 e.